The second-order valence-electron chi connectivity index (χ2n) is 2.66. The zero-order chi connectivity index (χ0) is 9.10. The van der Waals surface area contributed by atoms with Gasteiger partial charge >= 0.3 is 0 Å². The minimum Gasteiger partial charge on any atom is -0.468 e. The fourth-order valence-electron chi connectivity index (χ4n) is 1.00. The van der Waals surface area contributed by atoms with Gasteiger partial charge in [0.25, 0.3) is 0 Å². The molecule has 13 heavy (non-hydrogen) atoms. The number of aryl methyl sites for hydroxylation is 1. The van der Waals surface area contributed by atoms with Gasteiger partial charge in [-0.05, 0) is 25.1 Å². The van der Waals surface area contributed by atoms with Gasteiger partial charge in [0.2, 0.25) is 0 Å². The predicted octanol–water partition coefficient (Wildman–Crippen LogP) is 3.13. The summed E-state index contributed by atoms with van der Waals surface area (Å²) in [6, 6.07) is 7.86. The van der Waals surface area contributed by atoms with E-state index in [0.717, 1.165) is 15.7 Å². The van der Waals surface area contributed by atoms with Gasteiger partial charge < -0.3 is 4.42 Å². The van der Waals surface area contributed by atoms with Crippen LogP contribution in [0.3, 0.4) is 0 Å². The molecule has 0 saturated carbocycles. The molecule has 0 aromatic carbocycles. The molecule has 0 N–H and O–H groups in total. The summed E-state index contributed by atoms with van der Waals surface area (Å²) in [6.45, 7) is 1.93. The minimum atomic E-state index is 0.929. The molecule has 2 heterocycles. The minimum absolute atomic E-state index is 0.929. The third kappa shape index (κ3) is 2.12. The van der Waals surface area contributed by atoms with Crippen molar-refractivity contribution in [1.82, 2.24) is 4.98 Å². The Hall–Kier alpha value is -1.22. The number of rotatable bonds is 2. The molecule has 0 saturated heterocycles. The number of hydrogen-bond donors (Lipinski definition) is 0. The van der Waals surface area contributed by atoms with Gasteiger partial charge in [-0.15, -0.1) is 0 Å². The summed E-state index contributed by atoms with van der Waals surface area (Å²) in [5.74, 6) is 0.929. The maximum Gasteiger partial charge on any atom is 0.105 e. The first-order chi connectivity index (χ1) is 6.34. The van der Waals surface area contributed by atoms with Crippen molar-refractivity contribution in [3.05, 3.63) is 42.5 Å². The van der Waals surface area contributed by atoms with Gasteiger partial charge in [-0.2, -0.15) is 0 Å². The van der Waals surface area contributed by atoms with Gasteiger partial charge in [0.1, 0.15) is 17.0 Å². The van der Waals surface area contributed by atoms with Gasteiger partial charge in [-0.25, -0.2) is 4.98 Å². The first-order valence-electron chi connectivity index (χ1n) is 3.98. The zero-order valence-corrected chi connectivity index (χ0v) is 8.04. The largest absolute Gasteiger partial charge is 0.468 e. The molecule has 2 aromatic heterocycles. The van der Waals surface area contributed by atoms with Crippen molar-refractivity contribution < 1.29 is 4.42 Å². The summed E-state index contributed by atoms with van der Waals surface area (Å²) in [5, 5.41) is 0.989. The van der Waals surface area contributed by atoms with Crippen LogP contribution in [0, 0.1) is 6.92 Å². The van der Waals surface area contributed by atoms with Crippen LogP contribution in [0.25, 0.3) is 0 Å². The van der Waals surface area contributed by atoms with Gasteiger partial charge in [0.05, 0.1) is 4.90 Å². The van der Waals surface area contributed by atoms with Crippen LogP contribution in [-0.2, 0) is 0 Å². The molecule has 0 bridgehead atoms. The maximum atomic E-state index is 5.19. The highest BCUT2D eigenvalue weighted by Crippen LogP contribution is 2.26. The van der Waals surface area contributed by atoms with Gasteiger partial charge in [-0.3, -0.25) is 0 Å². The van der Waals surface area contributed by atoms with Crippen LogP contribution in [0.1, 0.15) is 5.76 Å². The van der Waals surface area contributed by atoms with Crippen molar-refractivity contribution in [1.29, 1.82) is 0 Å². The molecular formula is C10H9NOS. The van der Waals surface area contributed by atoms with Crippen molar-refractivity contribution >= 4 is 11.8 Å². The third-order valence-corrected chi connectivity index (χ3v) is 2.47. The highest BCUT2D eigenvalue weighted by Gasteiger charge is 2.00. The summed E-state index contributed by atoms with van der Waals surface area (Å²) in [7, 11) is 0. The summed E-state index contributed by atoms with van der Waals surface area (Å²) < 4.78 is 5.19. The second-order valence-corrected chi connectivity index (χ2v) is 3.76. The normalized spacial score (nSPS) is 10.2. The standard InChI is InChI=1S/C10H9NOS/c1-8-6-9(7-12-8)13-10-4-2-3-5-11-10/h2-7H,1H3. The number of aromatic nitrogens is 1. The number of furan rings is 1. The molecule has 0 aliphatic rings. The molecule has 0 unspecified atom stereocenters. The van der Waals surface area contributed by atoms with E-state index in [0.29, 0.717) is 0 Å². The van der Waals surface area contributed by atoms with Crippen molar-refractivity contribution in [2.24, 2.45) is 0 Å². The Bertz CT molecular complexity index is 383. The Morgan fingerprint density at radius 3 is 2.92 bits per heavy atom. The lowest BCUT2D eigenvalue weighted by atomic mass is 10.5. The Morgan fingerprint density at radius 1 is 1.38 bits per heavy atom. The van der Waals surface area contributed by atoms with Crippen LogP contribution in [0.15, 0.2) is 51.1 Å². The van der Waals surface area contributed by atoms with E-state index in [4.69, 9.17) is 4.42 Å². The second kappa shape index (κ2) is 3.66. The molecule has 0 aliphatic carbocycles. The average Bonchev–Trinajstić information content (AvgIpc) is 2.53. The van der Waals surface area contributed by atoms with Crippen LogP contribution < -0.4 is 0 Å². The highest BCUT2D eigenvalue weighted by atomic mass is 32.2. The van der Waals surface area contributed by atoms with E-state index in [1.807, 2.05) is 31.2 Å². The SMILES string of the molecule is Cc1cc(Sc2ccccn2)co1. The van der Waals surface area contributed by atoms with Crippen LogP contribution in [-0.4, -0.2) is 4.98 Å². The van der Waals surface area contributed by atoms with Crippen LogP contribution in [0.4, 0.5) is 0 Å². The van der Waals surface area contributed by atoms with Crippen molar-refractivity contribution in [2.75, 3.05) is 0 Å². The summed E-state index contributed by atoms with van der Waals surface area (Å²) in [4.78, 5) is 5.30. The Kier molecular flexibility index (Phi) is 2.36. The van der Waals surface area contributed by atoms with E-state index in [1.54, 1.807) is 24.2 Å². The van der Waals surface area contributed by atoms with Crippen LogP contribution in [0.5, 0.6) is 0 Å². The third-order valence-electron chi connectivity index (χ3n) is 1.57. The van der Waals surface area contributed by atoms with Crippen LogP contribution in [0.2, 0.25) is 0 Å². The van der Waals surface area contributed by atoms with Crippen molar-refractivity contribution in [2.45, 2.75) is 16.8 Å². The topological polar surface area (TPSA) is 26.0 Å². The van der Waals surface area contributed by atoms with E-state index < -0.39 is 0 Å². The Morgan fingerprint density at radius 2 is 2.31 bits per heavy atom. The summed E-state index contributed by atoms with van der Waals surface area (Å²) in [6.07, 6.45) is 3.53. The monoisotopic (exact) mass is 191 g/mol. The molecule has 3 heteroatoms. The Labute approximate surface area is 81.0 Å². The highest BCUT2D eigenvalue weighted by molar-refractivity contribution is 7.99. The number of pyridine rings is 1. The summed E-state index contributed by atoms with van der Waals surface area (Å²) in [5.41, 5.74) is 0. The molecule has 0 fully saturated rings. The molecule has 0 radical (unpaired) electrons. The molecule has 0 aliphatic heterocycles. The molecule has 0 amide bonds. The molecular weight excluding hydrogens is 182 g/mol. The quantitative estimate of drug-likeness (QED) is 0.729. The number of hydrogen-bond acceptors (Lipinski definition) is 3. The molecule has 0 atom stereocenters. The van der Waals surface area contributed by atoms with Gasteiger partial charge in [-0.1, -0.05) is 17.8 Å². The zero-order valence-electron chi connectivity index (χ0n) is 7.23. The lowest BCUT2D eigenvalue weighted by Gasteiger charge is -1.94. The average molecular weight is 191 g/mol. The van der Waals surface area contributed by atoms with E-state index in [9.17, 15) is 0 Å². The molecule has 2 aromatic rings. The van der Waals surface area contributed by atoms with Gasteiger partial charge in [0.15, 0.2) is 0 Å². The van der Waals surface area contributed by atoms with Crippen molar-refractivity contribution in [3.63, 3.8) is 0 Å². The lowest BCUT2D eigenvalue weighted by molar-refractivity contribution is 0.530. The first-order valence-corrected chi connectivity index (χ1v) is 4.80. The molecule has 2 rings (SSSR count). The first kappa shape index (κ1) is 8.38. The predicted molar refractivity (Wildman–Crippen MR) is 51.8 cm³/mol. The smallest absolute Gasteiger partial charge is 0.105 e. The van der Waals surface area contributed by atoms with Gasteiger partial charge in [0, 0.05) is 6.20 Å². The number of nitrogens with zero attached hydrogens (tertiary/aromatic N) is 1. The van der Waals surface area contributed by atoms with Crippen LogP contribution >= 0.6 is 11.8 Å². The van der Waals surface area contributed by atoms with E-state index in [-0.39, 0.29) is 0 Å². The molecule has 66 valence electrons. The fourth-order valence-corrected chi connectivity index (χ4v) is 1.82. The Balaban J connectivity index is 2.15. The fraction of sp³-hybridized carbons (Fsp3) is 0.100. The van der Waals surface area contributed by atoms with E-state index in [1.165, 1.54) is 0 Å². The molecule has 2 nitrogen and oxygen atoms in total. The lowest BCUT2D eigenvalue weighted by Crippen LogP contribution is -1.74. The molecule has 0 spiro atoms. The maximum absolute atomic E-state index is 5.19. The van der Waals surface area contributed by atoms with E-state index in [2.05, 4.69) is 4.98 Å². The van der Waals surface area contributed by atoms with Crippen molar-refractivity contribution in [3.8, 4) is 0 Å². The summed E-state index contributed by atoms with van der Waals surface area (Å²) >= 11 is 1.60. The van der Waals surface area contributed by atoms with E-state index >= 15 is 0 Å².